The Balaban J connectivity index is 2.54. The fourth-order valence-corrected chi connectivity index (χ4v) is 4.66. The first kappa shape index (κ1) is 15.5. The lowest BCUT2D eigenvalue weighted by Crippen LogP contribution is -2.63. The van der Waals surface area contributed by atoms with Crippen LogP contribution in [0.25, 0.3) is 0 Å². The second-order valence-corrected chi connectivity index (χ2v) is 7.10. The Hall–Kier alpha value is -0.870. The highest BCUT2D eigenvalue weighted by Crippen LogP contribution is 2.61. The quantitative estimate of drug-likeness (QED) is 0.679. The number of fused-ring (bicyclic) bond motifs is 1. The minimum Gasteiger partial charge on any atom is -0.481 e. The summed E-state index contributed by atoms with van der Waals surface area (Å²) in [5.74, 6) is -1.00. The van der Waals surface area contributed by atoms with Crippen LogP contribution < -0.4 is 0 Å². The zero-order valence-electron chi connectivity index (χ0n) is 12.8. The van der Waals surface area contributed by atoms with Gasteiger partial charge >= 0.3 is 5.97 Å². The number of hydrogen-bond donors (Lipinski definition) is 3. The highest BCUT2D eigenvalue weighted by atomic mass is 16.4. The van der Waals surface area contributed by atoms with Gasteiger partial charge in [-0.25, -0.2) is 0 Å². The molecular weight excluding hydrogens is 256 g/mol. The first-order chi connectivity index (χ1) is 9.15. The first-order valence-electron chi connectivity index (χ1n) is 7.41. The molecule has 20 heavy (non-hydrogen) atoms. The highest BCUT2D eigenvalue weighted by molar-refractivity contribution is 5.68. The standard InChI is InChI=1S/C16H26O4/c1-9-6-5-7-11-15(3,8-12(17)18)10(2)13(19)14(20)16(9,11)4/h6,10-11,13-14,19-20H,5,7-8H2,1-4H3,(H,17,18)/t10-,11-,13-,14+,15+,16+/m1/s1. The van der Waals surface area contributed by atoms with E-state index < -0.39 is 29.0 Å². The lowest BCUT2D eigenvalue weighted by molar-refractivity contribution is -0.194. The van der Waals surface area contributed by atoms with Crippen LogP contribution in [0.3, 0.4) is 0 Å². The number of carbonyl (C=O) groups is 1. The smallest absolute Gasteiger partial charge is 0.303 e. The van der Waals surface area contributed by atoms with Crippen molar-refractivity contribution in [3.8, 4) is 0 Å². The monoisotopic (exact) mass is 282 g/mol. The van der Waals surface area contributed by atoms with Crippen LogP contribution in [0.4, 0.5) is 0 Å². The number of carboxylic acids is 1. The van der Waals surface area contributed by atoms with E-state index in [-0.39, 0.29) is 18.3 Å². The molecule has 114 valence electrons. The molecule has 2 aliphatic carbocycles. The molecule has 0 aromatic rings. The van der Waals surface area contributed by atoms with Gasteiger partial charge in [0.1, 0.15) is 0 Å². The Labute approximate surface area is 120 Å². The molecule has 0 spiro atoms. The van der Waals surface area contributed by atoms with Crippen LogP contribution in [0.15, 0.2) is 11.6 Å². The Morgan fingerprint density at radius 2 is 2.00 bits per heavy atom. The summed E-state index contributed by atoms with van der Waals surface area (Å²) in [5.41, 5.74) is 0.0344. The van der Waals surface area contributed by atoms with E-state index in [9.17, 15) is 20.1 Å². The van der Waals surface area contributed by atoms with Crippen LogP contribution >= 0.6 is 0 Å². The van der Waals surface area contributed by atoms with Gasteiger partial charge in [0.2, 0.25) is 0 Å². The van der Waals surface area contributed by atoms with Crippen LogP contribution in [0.1, 0.15) is 47.0 Å². The molecule has 0 amide bonds. The SMILES string of the molecule is CC1=CCC[C@@H]2[C@@](C)(CC(=O)O)[C@H](C)[C@@H](O)[C@H](O)[C@@]12C. The van der Waals surface area contributed by atoms with E-state index in [4.69, 9.17) is 0 Å². The summed E-state index contributed by atoms with van der Waals surface area (Å²) >= 11 is 0. The van der Waals surface area contributed by atoms with E-state index >= 15 is 0 Å². The summed E-state index contributed by atoms with van der Waals surface area (Å²) in [6, 6.07) is 0. The molecule has 6 atom stereocenters. The largest absolute Gasteiger partial charge is 0.481 e. The molecule has 0 bridgehead atoms. The fourth-order valence-electron chi connectivity index (χ4n) is 4.66. The maximum absolute atomic E-state index is 11.3. The second kappa shape index (κ2) is 4.85. The molecule has 4 heteroatoms. The van der Waals surface area contributed by atoms with Gasteiger partial charge in [0.05, 0.1) is 18.6 Å². The summed E-state index contributed by atoms with van der Waals surface area (Å²) in [6.07, 6.45) is 2.21. The molecule has 0 heterocycles. The molecule has 0 aromatic heterocycles. The molecule has 3 N–H and O–H groups in total. The molecule has 2 aliphatic rings. The number of aliphatic hydroxyl groups excluding tert-OH is 2. The third kappa shape index (κ3) is 1.92. The maximum atomic E-state index is 11.3. The van der Waals surface area contributed by atoms with E-state index in [1.165, 1.54) is 0 Å². The van der Waals surface area contributed by atoms with Crippen LogP contribution in [-0.2, 0) is 4.79 Å². The van der Waals surface area contributed by atoms with Gasteiger partial charge in [0, 0.05) is 5.41 Å². The molecular formula is C16H26O4. The van der Waals surface area contributed by atoms with Gasteiger partial charge in [0.25, 0.3) is 0 Å². The third-order valence-electron chi connectivity index (χ3n) is 6.30. The Bertz CT molecular complexity index is 444. The van der Waals surface area contributed by atoms with E-state index in [0.717, 1.165) is 18.4 Å². The van der Waals surface area contributed by atoms with E-state index in [1.807, 2.05) is 27.7 Å². The van der Waals surface area contributed by atoms with E-state index in [2.05, 4.69) is 6.08 Å². The average Bonchev–Trinajstić information content (AvgIpc) is 2.36. The summed E-state index contributed by atoms with van der Waals surface area (Å²) in [6.45, 7) is 7.79. The van der Waals surface area contributed by atoms with E-state index in [1.54, 1.807) is 0 Å². The molecule has 0 aliphatic heterocycles. The van der Waals surface area contributed by atoms with Gasteiger partial charge < -0.3 is 15.3 Å². The number of rotatable bonds is 2. The highest BCUT2D eigenvalue weighted by Gasteiger charge is 2.61. The zero-order valence-corrected chi connectivity index (χ0v) is 12.8. The Kier molecular flexibility index (Phi) is 3.76. The van der Waals surface area contributed by atoms with Crippen molar-refractivity contribution in [1.82, 2.24) is 0 Å². The van der Waals surface area contributed by atoms with Crippen molar-refractivity contribution in [2.75, 3.05) is 0 Å². The predicted molar refractivity (Wildman–Crippen MR) is 76.1 cm³/mol. The van der Waals surface area contributed by atoms with Crippen LogP contribution in [-0.4, -0.2) is 33.5 Å². The number of allylic oxidation sites excluding steroid dienone is 1. The van der Waals surface area contributed by atoms with Gasteiger partial charge in [0.15, 0.2) is 0 Å². The fraction of sp³-hybridized carbons (Fsp3) is 0.812. The maximum Gasteiger partial charge on any atom is 0.303 e. The zero-order chi connectivity index (χ0) is 15.3. The second-order valence-electron chi connectivity index (χ2n) is 7.10. The van der Waals surface area contributed by atoms with Gasteiger partial charge in [-0.15, -0.1) is 0 Å². The van der Waals surface area contributed by atoms with Crippen molar-refractivity contribution < 1.29 is 20.1 Å². The molecule has 0 radical (unpaired) electrons. The lowest BCUT2D eigenvalue weighted by atomic mass is 9.45. The summed E-state index contributed by atoms with van der Waals surface area (Å²) in [7, 11) is 0. The first-order valence-corrected chi connectivity index (χ1v) is 7.41. The van der Waals surface area contributed by atoms with Gasteiger partial charge in [-0.2, -0.15) is 0 Å². The van der Waals surface area contributed by atoms with Crippen molar-refractivity contribution in [1.29, 1.82) is 0 Å². The minimum absolute atomic E-state index is 0.0332. The Morgan fingerprint density at radius 3 is 2.55 bits per heavy atom. The Morgan fingerprint density at radius 1 is 1.40 bits per heavy atom. The predicted octanol–water partition coefficient (Wildman–Crippen LogP) is 2.20. The molecule has 1 fully saturated rings. The van der Waals surface area contributed by atoms with Crippen molar-refractivity contribution in [3.63, 3.8) is 0 Å². The van der Waals surface area contributed by atoms with Crippen LogP contribution in [0.5, 0.6) is 0 Å². The average molecular weight is 282 g/mol. The van der Waals surface area contributed by atoms with Gasteiger partial charge in [-0.05, 0) is 37.0 Å². The van der Waals surface area contributed by atoms with Crippen molar-refractivity contribution in [2.24, 2.45) is 22.7 Å². The molecule has 0 aromatic carbocycles. The third-order valence-corrected chi connectivity index (χ3v) is 6.30. The van der Waals surface area contributed by atoms with Gasteiger partial charge in [-0.3, -0.25) is 4.79 Å². The number of aliphatic hydroxyl groups is 2. The topological polar surface area (TPSA) is 77.8 Å². The molecule has 1 saturated carbocycles. The summed E-state index contributed by atoms with van der Waals surface area (Å²) < 4.78 is 0. The number of hydrogen-bond acceptors (Lipinski definition) is 3. The van der Waals surface area contributed by atoms with Crippen molar-refractivity contribution >= 4 is 5.97 Å². The minimum atomic E-state index is -0.887. The normalized spacial score (nSPS) is 48.4. The van der Waals surface area contributed by atoms with Crippen molar-refractivity contribution in [2.45, 2.75) is 59.2 Å². The van der Waals surface area contributed by atoms with Crippen LogP contribution in [0, 0.1) is 22.7 Å². The van der Waals surface area contributed by atoms with E-state index in [0.29, 0.717) is 0 Å². The van der Waals surface area contributed by atoms with Crippen molar-refractivity contribution in [3.05, 3.63) is 11.6 Å². The molecule has 0 saturated heterocycles. The molecule has 4 nitrogen and oxygen atoms in total. The number of aliphatic carboxylic acids is 1. The molecule has 0 unspecified atom stereocenters. The molecule has 2 rings (SSSR count). The lowest BCUT2D eigenvalue weighted by Gasteiger charge is -2.61. The summed E-state index contributed by atoms with van der Waals surface area (Å²) in [4.78, 5) is 11.3. The summed E-state index contributed by atoms with van der Waals surface area (Å²) in [5, 5.41) is 30.3. The number of carboxylic acid groups (broad SMARTS) is 1. The van der Waals surface area contributed by atoms with Gasteiger partial charge in [-0.1, -0.05) is 32.4 Å². The van der Waals surface area contributed by atoms with Crippen LogP contribution in [0.2, 0.25) is 0 Å².